The first-order chi connectivity index (χ1) is 15.1. The van der Waals surface area contributed by atoms with Crippen molar-refractivity contribution in [1.82, 2.24) is 14.0 Å². The number of carbonyl (C=O) groups is 1. The van der Waals surface area contributed by atoms with Crippen molar-refractivity contribution < 1.29 is 36.7 Å². The minimum Gasteiger partial charge on any atom is -0.323 e. The van der Waals surface area contributed by atoms with Crippen molar-refractivity contribution in [1.29, 1.82) is 0 Å². The van der Waals surface area contributed by atoms with Crippen molar-refractivity contribution in [3.8, 4) is 5.69 Å². The van der Waals surface area contributed by atoms with Gasteiger partial charge in [0.2, 0.25) is 5.91 Å². The van der Waals surface area contributed by atoms with E-state index in [1.165, 1.54) is 0 Å². The predicted octanol–water partition coefficient (Wildman–Crippen LogP) is 2.05. The molecule has 0 spiro atoms. The van der Waals surface area contributed by atoms with Gasteiger partial charge in [-0.15, -0.1) is 0 Å². The third-order valence-corrected chi connectivity index (χ3v) is 6.18. The Morgan fingerprint density at radius 3 is 2.42 bits per heavy atom. The molecule has 0 saturated carbocycles. The average molecular weight is 531 g/mol. The number of halogens is 5. The van der Waals surface area contributed by atoms with E-state index in [1.54, 1.807) is 0 Å². The number of thioether (sulfide) groups is 1. The number of hydrogen-bond donors (Lipinski definition) is 2. The van der Waals surface area contributed by atoms with E-state index in [2.05, 4.69) is 4.99 Å². The zero-order valence-electron chi connectivity index (χ0n) is 16.2. The van der Waals surface area contributed by atoms with Gasteiger partial charge in [0.1, 0.15) is 17.8 Å². The van der Waals surface area contributed by atoms with Gasteiger partial charge in [-0.05, 0) is 12.1 Å². The summed E-state index contributed by atoms with van der Waals surface area (Å²) in [4.78, 5) is 59.6. The van der Waals surface area contributed by atoms with Crippen molar-refractivity contribution in [3.05, 3.63) is 55.6 Å². The van der Waals surface area contributed by atoms with Gasteiger partial charge in [-0.3, -0.25) is 23.6 Å². The number of alkyl halides is 3. The molecule has 0 aliphatic carbocycles. The number of amidine groups is 1. The number of benzene rings is 1. The number of aromatic nitrogens is 2. The van der Waals surface area contributed by atoms with Gasteiger partial charge in [-0.1, -0.05) is 23.4 Å². The van der Waals surface area contributed by atoms with Crippen LogP contribution in [0.4, 0.5) is 23.2 Å². The molecule has 2 N–H and O–H groups in total. The summed E-state index contributed by atoms with van der Waals surface area (Å²) in [6, 6.07) is 1.56. The van der Waals surface area contributed by atoms with E-state index < -0.39 is 54.4 Å². The molecule has 1 fully saturated rings. The summed E-state index contributed by atoms with van der Waals surface area (Å²) in [5, 5.41) is -0.563. The Bertz CT molecular complexity index is 1350. The van der Waals surface area contributed by atoms with Crippen LogP contribution in [-0.4, -0.2) is 46.9 Å². The topological polar surface area (TPSA) is 134 Å². The quantitative estimate of drug-likeness (QED) is 0.456. The second-order valence-electron chi connectivity index (χ2n) is 6.61. The van der Waals surface area contributed by atoms with E-state index in [-0.39, 0.29) is 36.8 Å². The lowest BCUT2D eigenvalue weighted by atomic mass is 10.2. The Balaban J connectivity index is 2.18. The first kappa shape index (κ1) is 25.2. The molecule has 1 saturated heterocycles. The van der Waals surface area contributed by atoms with Crippen LogP contribution < -0.4 is 11.2 Å². The van der Waals surface area contributed by atoms with Crippen LogP contribution in [0.2, 0.25) is 5.02 Å². The predicted molar refractivity (Wildman–Crippen MR) is 111 cm³/mol. The van der Waals surface area contributed by atoms with Gasteiger partial charge in [0.05, 0.1) is 22.2 Å². The van der Waals surface area contributed by atoms with Crippen molar-refractivity contribution in [2.24, 2.45) is 12.0 Å². The SMILES string of the molecule is Cn1c(C(F)(F)F)cc(=O)n(-c2cc(/N=C3\SCC(=O)N3CP(=O)(O)O)c(Cl)cc2F)c1=O. The minimum absolute atomic E-state index is 0.119. The van der Waals surface area contributed by atoms with E-state index in [0.717, 1.165) is 24.9 Å². The Labute approximate surface area is 190 Å². The molecule has 1 amide bonds. The number of nitrogens with zero attached hydrogens (tertiary/aromatic N) is 4. The van der Waals surface area contributed by atoms with Gasteiger partial charge in [0, 0.05) is 13.1 Å². The van der Waals surface area contributed by atoms with E-state index in [0.29, 0.717) is 11.0 Å². The Kier molecular flexibility index (Phi) is 6.65. The van der Waals surface area contributed by atoms with Crippen LogP contribution >= 0.6 is 31.0 Å². The molecule has 1 aliphatic rings. The lowest BCUT2D eigenvalue weighted by Gasteiger charge is -2.17. The summed E-state index contributed by atoms with van der Waals surface area (Å²) in [7, 11) is -3.93. The molecule has 33 heavy (non-hydrogen) atoms. The molecule has 0 atom stereocenters. The van der Waals surface area contributed by atoms with Gasteiger partial charge in [0.15, 0.2) is 5.17 Å². The second-order valence-corrected chi connectivity index (χ2v) is 9.57. The van der Waals surface area contributed by atoms with Crippen LogP contribution in [0.1, 0.15) is 5.69 Å². The fourth-order valence-electron chi connectivity index (χ4n) is 2.81. The lowest BCUT2D eigenvalue weighted by molar-refractivity contribution is -0.144. The van der Waals surface area contributed by atoms with Crippen molar-refractivity contribution in [3.63, 3.8) is 0 Å². The van der Waals surface area contributed by atoms with Gasteiger partial charge < -0.3 is 9.79 Å². The molecule has 2 aromatic rings. The number of rotatable bonds is 4. The van der Waals surface area contributed by atoms with Crippen molar-refractivity contribution >= 4 is 47.7 Å². The molecular weight excluding hydrogens is 519 g/mol. The van der Waals surface area contributed by atoms with Crippen molar-refractivity contribution in [2.45, 2.75) is 6.18 Å². The van der Waals surface area contributed by atoms with Crippen LogP contribution in [0.25, 0.3) is 5.69 Å². The maximum Gasteiger partial charge on any atom is 0.431 e. The maximum absolute atomic E-state index is 14.6. The first-order valence-corrected chi connectivity index (χ1v) is 11.7. The summed E-state index contributed by atoms with van der Waals surface area (Å²) in [6.07, 6.45) is -6.00. The molecule has 0 unspecified atom stereocenters. The van der Waals surface area contributed by atoms with E-state index in [9.17, 15) is 36.5 Å². The highest BCUT2D eigenvalue weighted by Gasteiger charge is 2.36. The largest absolute Gasteiger partial charge is 0.431 e. The van der Waals surface area contributed by atoms with E-state index >= 15 is 0 Å². The molecule has 1 aliphatic heterocycles. The highest BCUT2D eigenvalue weighted by Crippen LogP contribution is 2.39. The third-order valence-electron chi connectivity index (χ3n) is 4.27. The molecular formula is C16H12ClF4N4O6PS. The monoisotopic (exact) mass is 530 g/mol. The lowest BCUT2D eigenvalue weighted by Crippen LogP contribution is -2.41. The molecule has 3 rings (SSSR count). The molecule has 10 nitrogen and oxygen atoms in total. The smallest absolute Gasteiger partial charge is 0.323 e. The number of hydrogen-bond acceptors (Lipinski definition) is 6. The molecule has 1 aromatic heterocycles. The Morgan fingerprint density at radius 2 is 1.85 bits per heavy atom. The zero-order chi connectivity index (χ0) is 24.9. The van der Waals surface area contributed by atoms with Crippen LogP contribution in [-0.2, 0) is 22.6 Å². The molecule has 0 radical (unpaired) electrons. The average Bonchev–Trinajstić information content (AvgIpc) is 2.99. The molecule has 0 bridgehead atoms. The number of amides is 1. The van der Waals surface area contributed by atoms with E-state index in [1.807, 2.05) is 0 Å². The van der Waals surface area contributed by atoms with Crippen LogP contribution in [0.15, 0.2) is 32.8 Å². The fourth-order valence-corrected chi connectivity index (χ4v) is 4.65. The van der Waals surface area contributed by atoms with Crippen molar-refractivity contribution in [2.75, 3.05) is 12.0 Å². The second kappa shape index (κ2) is 8.72. The minimum atomic E-state index is -5.02. The Hall–Kier alpha value is -2.45. The maximum atomic E-state index is 14.6. The standard InChI is InChI=1S/C16H12ClF4N4O6PS/c1-23-11(16(19,20)21)4-12(26)25(15(23)28)10-3-9(7(17)2-8(10)18)22-14-24(6-32(29,30)31)13(27)5-33-14/h2-4H,5-6H2,1H3,(H2,29,30,31)/b22-14-. The summed E-state index contributed by atoms with van der Waals surface area (Å²) in [6.45, 7) is 0. The molecule has 178 valence electrons. The number of aliphatic imine (C=N–C) groups is 1. The summed E-state index contributed by atoms with van der Waals surface area (Å²) < 4.78 is 65.3. The van der Waals surface area contributed by atoms with Gasteiger partial charge >= 0.3 is 19.5 Å². The first-order valence-electron chi connectivity index (χ1n) is 8.56. The summed E-state index contributed by atoms with van der Waals surface area (Å²) in [5.74, 6) is -2.11. The van der Waals surface area contributed by atoms with Crippen LogP contribution in [0.3, 0.4) is 0 Å². The summed E-state index contributed by atoms with van der Waals surface area (Å²) >= 11 is 6.74. The number of carbonyl (C=O) groups excluding carboxylic acids is 1. The fraction of sp³-hybridized carbons (Fsp3) is 0.250. The highest BCUT2D eigenvalue weighted by atomic mass is 35.5. The Morgan fingerprint density at radius 1 is 1.21 bits per heavy atom. The molecule has 1 aromatic carbocycles. The summed E-state index contributed by atoms with van der Waals surface area (Å²) in [5.41, 5.74) is -5.59. The zero-order valence-corrected chi connectivity index (χ0v) is 18.7. The van der Waals surface area contributed by atoms with Gasteiger partial charge in [0.25, 0.3) is 5.56 Å². The van der Waals surface area contributed by atoms with E-state index in [4.69, 9.17) is 21.4 Å². The third kappa shape index (κ3) is 5.22. The van der Waals surface area contributed by atoms with Gasteiger partial charge in [-0.2, -0.15) is 13.2 Å². The highest BCUT2D eigenvalue weighted by molar-refractivity contribution is 8.15. The van der Waals surface area contributed by atoms with Crippen LogP contribution in [0, 0.1) is 5.82 Å². The van der Waals surface area contributed by atoms with Crippen LogP contribution in [0.5, 0.6) is 0 Å². The molecule has 2 heterocycles. The molecule has 17 heteroatoms. The normalized spacial score (nSPS) is 16.2. The van der Waals surface area contributed by atoms with Gasteiger partial charge in [-0.25, -0.2) is 18.7 Å².